The molecule has 1 heterocycles. The van der Waals surface area contributed by atoms with E-state index in [0.717, 1.165) is 12.0 Å². The number of carbonyl (C=O) groups is 1. The molecule has 2 N–H and O–H groups in total. The van der Waals surface area contributed by atoms with Crippen LogP contribution in [0.4, 0.5) is 0 Å². The van der Waals surface area contributed by atoms with Crippen LogP contribution < -0.4 is 5.73 Å². The Morgan fingerprint density at radius 2 is 2.23 bits per heavy atom. The van der Waals surface area contributed by atoms with Gasteiger partial charge in [-0.3, -0.25) is 5.73 Å². The lowest BCUT2D eigenvalue weighted by Crippen LogP contribution is -2.39. The largest absolute Gasteiger partial charge is 0.441 e. The van der Waals surface area contributed by atoms with Crippen LogP contribution in [-0.4, -0.2) is 11.7 Å². The van der Waals surface area contributed by atoms with Gasteiger partial charge in [-0.25, -0.2) is 4.79 Å². The van der Waals surface area contributed by atoms with Crippen molar-refractivity contribution in [1.82, 2.24) is 0 Å². The topological polar surface area (TPSA) is 52.3 Å². The number of allylic oxidation sites excluding steroid dienone is 1. The van der Waals surface area contributed by atoms with E-state index in [1.807, 2.05) is 0 Å². The van der Waals surface area contributed by atoms with Crippen LogP contribution in [-0.2, 0) is 9.53 Å². The molecule has 0 fully saturated rings. The van der Waals surface area contributed by atoms with Crippen LogP contribution in [0.2, 0.25) is 0 Å². The van der Waals surface area contributed by atoms with Crippen LogP contribution in [0.5, 0.6) is 0 Å². The second kappa shape index (κ2) is 3.50. The second-order valence-corrected chi connectivity index (χ2v) is 4.11. The van der Waals surface area contributed by atoms with E-state index in [4.69, 9.17) is 10.5 Å². The number of hydrogen-bond donors (Lipinski definition) is 1. The molecule has 0 aromatic carbocycles. The Labute approximate surface area is 78.9 Å². The van der Waals surface area contributed by atoms with Gasteiger partial charge in [0.25, 0.3) is 0 Å². The van der Waals surface area contributed by atoms with Gasteiger partial charge in [-0.05, 0) is 19.3 Å². The highest BCUT2D eigenvalue weighted by Gasteiger charge is 2.26. The number of carbonyl (C=O) groups excluding carboxylic acids is 1. The van der Waals surface area contributed by atoms with E-state index < -0.39 is 5.72 Å². The zero-order valence-corrected chi connectivity index (χ0v) is 8.46. The molecule has 0 saturated heterocycles. The van der Waals surface area contributed by atoms with E-state index >= 15 is 0 Å². The lowest BCUT2D eigenvalue weighted by atomic mass is 9.96. The summed E-state index contributed by atoms with van der Waals surface area (Å²) < 4.78 is 5.04. The zero-order valence-electron chi connectivity index (χ0n) is 8.46. The fourth-order valence-electron chi connectivity index (χ4n) is 1.38. The summed E-state index contributed by atoms with van der Waals surface area (Å²) in [6, 6.07) is 0. The van der Waals surface area contributed by atoms with Crippen molar-refractivity contribution >= 4 is 5.97 Å². The van der Waals surface area contributed by atoms with E-state index in [2.05, 4.69) is 13.8 Å². The summed E-state index contributed by atoms with van der Waals surface area (Å²) in [5.41, 5.74) is 6.08. The third-order valence-corrected chi connectivity index (χ3v) is 2.29. The molecule has 3 heteroatoms. The van der Waals surface area contributed by atoms with Gasteiger partial charge in [0, 0.05) is 12.5 Å². The lowest BCUT2D eigenvalue weighted by molar-refractivity contribution is -0.151. The number of esters is 1. The quantitative estimate of drug-likeness (QED) is 0.628. The zero-order chi connectivity index (χ0) is 10.1. The van der Waals surface area contributed by atoms with Gasteiger partial charge in [-0.2, -0.15) is 0 Å². The van der Waals surface area contributed by atoms with Gasteiger partial charge < -0.3 is 4.74 Å². The van der Waals surface area contributed by atoms with Gasteiger partial charge in [-0.1, -0.05) is 19.4 Å². The molecule has 0 saturated carbocycles. The average Bonchev–Trinajstić information content (AvgIpc) is 2.07. The number of rotatable bonds is 1. The van der Waals surface area contributed by atoms with Crippen LogP contribution >= 0.6 is 0 Å². The van der Waals surface area contributed by atoms with Gasteiger partial charge in [-0.15, -0.1) is 0 Å². The Balaban J connectivity index is 2.78. The van der Waals surface area contributed by atoms with Gasteiger partial charge in [0.05, 0.1) is 0 Å². The van der Waals surface area contributed by atoms with Crippen LogP contribution in [0.25, 0.3) is 0 Å². The van der Waals surface area contributed by atoms with Crippen molar-refractivity contribution in [2.45, 2.75) is 39.3 Å². The first kappa shape index (κ1) is 10.3. The van der Waals surface area contributed by atoms with Crippen molar-refractivity contribution < 1.29 is 9.53 Å². The van der Waals surface area contributed by atoms with Crippen molar-refractivity contribution in [2.24, 2.45) is 11.7 Å². The highest BCUT2D eigenvalue weighted by molar-refractivity contribution is 5.83. The monoisotopic (exact) mass is 183 g/mol. The Morgan fingerprint density at radius 3 is 2.77 bits per heavy atom. The Hall–Kier alpha value is -0.830. The average molecular weight is 183 g/mol. The van der Waals surface area contributed by atoms with Crippen molar-refractivity contribution in [3.05, 3.63) is 11.6 Å². The number of ether oxygens (including phenoxy) is 1. The summed E-state index contributed by atoms with van der Waals surface area (Å²) in [7, 11) is 0. The number of cyclic esters (lactones) is 1. The van der Waals surface area contributed by atoms with Gasteiger partial charge in [0.15, 0.2) is 5.72 Å². The first-order valence-corrected chi connectivity index (χ1v) is 4.63. The Kier molecular flexibility index (Phi) is 2.76. The van der Waals surface area contributed by atoms with Gasteiger partial charge >= 0.3 is 5.97 Å². The van der Waals surface area contributed by atoms with E-state index in [-0.39, 0.29) is 5.97 Å². The normalized spacial score (nSPS) is 29.6. The molecule has 0 bridgehead atoms. The second-order valence-electron chi connectivity index (χ2n) is 4.11. The van der Waals surface area contributed by atoms with Crippen LogP contribution in [0.1, 0.15) is 33.6 Å². The maximum atomic E-state index is 11.2. The van der Waals surface area contributed by atoms with E-state index in [1.165, 1.54) is 0 Å². The highest BCUT2D eigenvalue weighted by Crippen LogP contribution is 2.24. The summed E-state index contributed by atoms with van der Waals surface area (Å²) in [5.74, 6) is 0.0765. The van der Waals surface area contributed by atoms with Crippen LogP contribution in [0.15, 0.2) is 11.6 Å². The lowest BCUT2D eigenvalue weighted by Gasteiger charge is -2.22. The molecular weight excluding hydrogens is 166 g/mol. The van der Waals surface area contributed by atoms with Gasteiger partial charge in [0.2, 0.25) is 0 Å². The molecule has 0 spiro atoms. The molecule has 0 amide bonds. The molecule has 1 unspecified atom stereocenters. The van der Waals surface area contributed by atoms with E-state index in [0.29, 0.717) is 12.3 Å². The highest BCUT2D eigenvalue weighted by atomic mass is 16.6. The standard InChI is InChI=1S/C10H17NO2/c1-7(2)8-4-5-10(3,11)13-9(12)6-8/h6-7H,4-5,11H2,1-3H3. The molecule has 1 aliphatic rings. The summed E-state index contributed by atoms with van der Waals surface area (Å²) >= 11 is 0. The van der Waals surface area contributed by atoms with Crippen LogP contribution in [0, 0.1) is 5.92 Å². The molecule has 0 radical (unpaired) electrons. The smallest absolute Gasteiger partial charge is 0.332 e. The molecular formula is C10H17NO2. The number of nitrogens with two attached hydrogens (primary N) is 1. The fourth-order valence-corrected chi connectivity index (χ4v) is 1.38. The van der Waals surface area contributed by atoms with E-state index in [1.54, 1.807) is 13.0 Å². The maximum absolute atomic E-state index is 11.2. The molecule has 0 aromatic heterocycles. The third kappa shape index (κ3) is 2.84. The summed E-state index contributed by atoms with van der Waals surface area (Å²) in [5, 5.41) is 0. The molecule has 0 aromatic rings. The first-order chi connectivity index (χ1) is 5.91. The third-order valence-electron chi connectivity index (χ3n) is 2.29. The molecule has 1 atom stereocenters. The first-order valence-electron chi connectivity index (χ1n) is 4.63. The minimum absolute atomic E-state index is 0.314. The SMILES string of the molecule is CC(C)C1=CC(=O)OC(C)(N)CC1. The minimum Gasteiger partial charge on any atom is -0.441 e. The van der Waals surface area contributed by atoms with Crippen molar-refractivity contribution in [2.75, 3.05) is 0 Å². The van der Waals surface area contributed by atoms with Crippen LogP contribution in [0.3, 0.4) is 0 Å². The maximum Gasteiger partial charge on any atom is 0.332 e. The molecule has 1 aliphatic heterocycles. The van der Waals surface area contributed by atoms with Crippen molar-refractivity contribution in [1.29, 1.82) is 0 Å². The van der Waals surface area contributed by atoms with Crippen molar-refractivity contribution in [3.63, 3.8) is 0 Å². The van der Waals surface area contributed by atoms with E-state index in [9.17, 15) is 4.79 Å². The Morgan fingerprint density at radius 1 is 1.62 bits per heavy atom. The summed E-state index contributed by atoms with van der Waals surface area (Å²) in [6.07, 6.45) is 3.11. The molecule has 3 nitrogen and oxygen atoms in total. The van der Waals surface area contributed by atoms with Gasteiger partial charge in [0.1, 0.15) is 0 Å². The Bertz CT molecular complexity index is 241. The predicted octanol–water partition coefficient (Wildman–Crippen LogP) is 1.58. The molecule has 74 valence electrons. The minimum atomic E-state index is -0.801. The molecule has 13 heavy (non-hydrogen) atoms. The predicted molar refractivity (Wildman–Crippen MR) is 50.8 cm³/mol. The number of hydrogen-bond acceptors (Lipinski definition) is 3. The molecule has 0 aliphatic carbocycles. The summed E-state index contributed by atoms with van der Waals surface area (Å²) in [6.45, 7) is 5.87. The molecule has 1 rings (SSSR count). The fraction of sp³-hybridized carbons (Fsp3) is 0.700. The summed E-state index contributed by atoms with van der Waals surface area (Å²) in [4.78, 5) is 11.2. The van der Waals surface area contributed by atoms with Crippen molar-refractivity contribution in [3.8, 4) is 0 Å².